The van der Waals surface area contributed by atoms with Crippen molar-refractivity contribution in [1.29, 1.82) is 0 Å². The summed E-state index contributed by atoms with van der Waals surface area (Å²) in [6.45, 7) is 4.07. The number of unbranched alkanes of at least 4 members (excludes halogenated alkanes) is 1. The largest absolute Gasteiger partial charge is 0.470 e. The van der Waals surface area contributed by atoms with Gasteiger partial charge in [0, 0.05) is 11.6 Å². The summed E-state index contributed by atoms with van der Waals surface area (Å²) in [5, 5.41) is 5.54. The summed E-state index contributed by atoms with van der Waals surface area (Å²) in [5.74, 6) is 0.747. The van der Waals surface area contributed by atoms with Gasteiger partial charge in [-0.1, -0.05) is 26.7 Å². The highest BCUT2D eigenvalue weighted by molar-refractivity contribution is 5.92. The molecule has 2 atom stereocenters. The van der Waals surface area contributed by atoms with Crippen LogP contribution in [-0.4, -0.2) is 18.0 Å². The van der Waals surface area contributed by atoms with E-state index < -0.39 is 0 Å². The Labute approximate surface area is 125 Å². The van der Waals surface area contributed by atoms with Gasteiger partial charge in [-0.3, -0.25) is 9.59 Å². The zero-order valence-electron chi connectivity index (χ0n) is 12.5. The summed E-state index contributed by atoms with van der Waals surface area (Å²) < 4.78 is 5.54. The fourth-order valence-corrected chi connectivity index (χ4v) is 2.09. The minimum absolute atomic E-state index is 0.00458. The number of benzene rings is 1. The van der Waals surface area contributed by atoms with Crippen molar-refractivity contribution < 1.29 is 14.3 Å². The number of hydrogen-bond acceptors (Lipinski definition) is 3. The van der Waals surface area contributed by atoms with E-state index in [0.717, 1.165) is 24.9 Å². The van der Waals surface area contributed by atoms with Crippen LogP contribution >= 0.6 is 0 Å². The molecule has 1 aliphatic rings. The minimum atomic E-state index is -0.230. The van der Waals surface area contributed by atoms with Crippen LogP contribution in [0.3, 0.4) is 0 Å². The van der Waals surface area contributed by atoms with Gasteiger partial charge in [-0.2, -0.15) is 0 Å². The molecule has 5 heteroatoms. The van der Waals surface area contributed by atoms with Gasteiger partial charge in [0.05, 0.1) is 6.42 Å². The predicted octanol–water partition coefficient (Wildman–Crippen LogP) is 2.68. The summed E-state index contributed by atoms with van der Waals surface area (Å²) in [6, 6.07) is 7.19. The lowest BCUT2D eigenvalue weighted by molar-refractivity contribution is -0.134. The van der Waals surface area contributed by atoms with Crippen molar-refractivity contribution in [2.75, 3.05) is 5.32 Å². The highest BCUT2D eigenvalue weighted by Crippen LogP contribution is 2.20. The zero-order chi connectivity index (χ0) is 15.2. The fraction of sp³-hybridized carbons (Fsp3) is 0.500. The molecule has 1 fully saturated rings. The number of amides is 2. The molecule has 0 saturated carbocycles. The lowest BCUT2D eigenvalue weighted by atomic mass is 10.0. The molecule has 0 spiro atoms. The van der Waals surface area contributed by atoms with E-state index in [1.54, 1.807) is 24.3 Å². The predicted molar refractivity (Wildman–Crippen MR) is 80.9 cm³/mol. The van der Waals surface area contributed by atoms with Crippen LogP contribution < -0.4 is 15.4 Å². The molecule has 2 amide bonds. The Morgan fingerprint density at radius 1 is 1.43 bits per heavy atom. The first kappa shape index (κ1) is 15.4. The Morgan fingerprint density at radius 3 is 2.67 bits per heavy atom. The number of rotatable bonds is 7. The van der Waals surface area contributed by atoms with Crippen LogP contribution in [0.1, 0.15) is 39.5 Å². The van der Waals surface area contributed by atoms with Crippen LogP contribution in [0.15, 0.2) is 24.3 Å². The number of hydrogen-bond donors (Lipinski definition) is 2. The third-order valence-electron chi connectivity index (χ3n) is 3.53. The molecule has 0 aliphatic carbocycles. The van der Waals surface area contributed by atoms with Gasteiger partial charge in [-0.25, -0.2) is 0 Å². The summed E-state index contributed by atoms with van der Waals surface area (Å²) in [5.41, 5.74) is 0.758. The lowest BCUT2D eigenvalue weighted by Crippen LogP contribution is -2.51. The molecule has 1 aromatic carbocycles. The van der Waals surface area contributed by atoms with E-state index in [2.05, 4.69) is 17.6 Å². The molecule has 5 nitrogen and oxygen atoms in total. The molecule has 0 aromatic heterocycles. The van der Waals surface area contributed by atoms with Crippen LogP contribution in [0.2, 0.25) is 0 Å². The van der Waals surface area contributed by atoms with Gasteiger partial charge in [-0.05, 0) is 30.7 Å². The molecular weight excluding hydrogens is 268 g/mol. The quantitative estimate of drug-likeness (QED) is 0.759. The molecule has 21 heavy (non-hydrogen) atoms. The van der Waals surface area contributed by atoms with Crippen molar-refractivity contribution in [3.05, 3.63) is 24.3 Å². The van der Waals surface area contributed by atoms with Gasteiger partial charge < -0.3 is 15.4 Å². The Kier molecular flexibility index (Phi) is 5.20. The fourth-order valence-electron chi connectivity index (χ4n) is 2.09. The summed E-state index contributed by atoms with van der Waals surface area (Å²) >= 11 is 0. The number of carbonyl (C=O) groups is 2. The standard InChI is InChI=1S/C16H22N2O3/c1-3-4-5-11(2)16(20)17-12-6-8-13(9-7-12)21-15-10-14(19)18-15/h6-9,11,15H,3-5,10H2,1-2H3,(H,17,20)(H,18,19)/t11-,15+/m0/s1. The van der Waals surface area contributed by atoms with Crippen molar-refractivity contribution in [3.8, 4) is 5.75 Å². The van der Waals surface area contributed by atoms with E-state index in [-0.39, 0.29) is 24.0 Å². The number of nitrogens with one attached hydrogen (secondary N) is 2. The van der Waals surface area contributed by atoms with Crippen molar-refractivity contribution in [2.24, 2.45) is 5.92 Å². The normalized spacial score (nSPS) is 18.4. The first-order valence-corrected chi connectivity index (χ1v) is 7.45. The van der Waals surface area contributed by atoms with E-state index in [1.165, 1.54) is 0 Å². The minimum Gasteiger partial charge on any atom is -0.470 e. The van der Waals surface area contributed by atoms with Gasteiger partial charge in [0.1, 0.15) is 5.75 Å². The molecule has 114 valence electrons. The molecule has 1 saturated heterocycles. The molecule has 1 aromatic rings. The average Bonchev–Trinajstić information content (AvgIpc) is 2.45. The highest BCUT2D eigenvalue weighted by Gasteiger charge is 2.26. The Morgan fingerprint density at radius 2 is 2.10 bits per heavy atom. The maximum atomic E-state index is 12.0. The topological polar surface area (TPSA) is 67.4 Å². The van der Waals surface area contributed by atoms with E-state index in [9.17, 15) is 9.59 Å². The molecule has 2 N–H and O–H groups in total. The molecule has 1 aliphatic heterocycles. The first-order chi connectivity index (χ1) is 10.1. The van der Waals surface area contributed by atoms with Crippen LogP contribution in [0.5, 0.6) is 5.75 Å². The Bertz CT molecular complexity index is 491. The SMILES string of the molecule is CCCC[C@H](C)C(=O)Nc1ccc(O[C@@H]2CC(=O)N2)cc1. The third kappa shape index (κ3) is 4.48. The number of ether oxygens (including phenoxy) is 1. The number of β-lactam (4-membered cyclic amide) rings is 1. The van der Waals surface area contributed by atoms with Gasteiger partial charge in [0.2, 0.25) is 11.8 Å². The zero-order valence-corrected chi connectivity index (χ0v) is 12.5. The van der Waals surface area contributed by atoms with Crippen molar-refractivity contribution in [3.63, 3.8) is 0 Å². The van der Waals surface area contributed by atoms with Crippen LogP contribution in [-0.2, 0) is 9.59 Å². The van der Waals surface area contributed by atoms with Gasteiger partial charge in [-0.15, -0.1) is 0 Å². The van der Waals surface area contributed by atoms with E-state index in [0.29, 0.717) is 12.2 Å². The molecule has 1 heterocycles. The maximum absolute atomic E-state index is 12.0. The maximum Gasteiger partial charge on any atom is 0.228 e. The highest BCUT2D eigenvalue weighted by atomic mass is 16.5. The van der Waals surface area contributed by atoms with Gasteiger partial charge in [0.25, 0.3) is 0 Å². The van der Waals surface area contributed by atoms with E-state index in [1.807, 2.05) is 6.92 Å². The monoisotopic (exact) mass is 290 g/mol. The number of anilines is 1. The van der Waals surface area contributed by atoms with Crippen LogP contribution in [0.4, 0.5) is 5.69 Å². The van der Waals surface area contributed by atoms with Crippen LogP contribution in [0, 0.1) is 5.92 Å². The molecule has 2 rings (SSSR count). The Balaban J connectivity index is 1.81. The van der Waals surface area contributed by atoms with E-state index in [4.69, 9.17) is 4.74 Å². The summed E-state index contributed by atoms with van der Waals surface area (Å²) in [6.07, 6.45) is 3.24. The first-order valence-electron chi connectivity index (χ1n) is 7.45. The second kappa shape index (κ2) is 7.11. The second-order valence-corrected chi connectivity index (χ2v) is 5.44. The molecular formula is C16H22N2O3. The lowest BCUT2D eigenvalue weighted by Gasteiger charge is -2.27. The van der Waals surface area contributed by atoms with Crippen LogP contribution in [0.25, 0.3) is 0 Å². The molecule has 0 unspecified atom stereocenters. The van der Waals surface area contributed by atoms with Crippen molar-refractivity contribution >= 4 is 17.5 Å². The van der Waals surface area contributed by atoms with E-state index >= 15 is 0 Å². The smallest absolute Gasteiger partial charge is 0.228 e. The Hall–Kier alpha value is -2.04. The van der Waals surface area contributed by atoms with Gasteiger partial charge in [0.15, 0.2) is 6.23 Å². The van der Waals surface area contributed by atoms with Gasteiger partial charge >= 0.3 is 0 Å². The van der Waals surface area contributed by atoms with Crippen molar-refractivity contribution in [1.82, 2.24) is 5.32 Å². The molecule has 0 radical (unpaired) electrons. The molecule has 0 bridgehead atoms. The third-order valence-corrected chi connectivity index (χ3v) is 3.53. The summed E-state index contributed by atoms with van der Waals surface area (Å²) in [7, 11) is 0. The number of carbonyl (C=O) groups excluding carboxylic acids is 2. The second-order valence-electron chi connectivity index (χ2n) is 5.44. The summed E-state index contributed by atoms with van der Waals surface area (Å²) in [4.78, 5) is 22.8. The average molecular weight is 290 g/mol. The van der Waals surface area contributed by atoms with Crippen molar-refractivity contribution in [2.45, 2.75) is 45.8 Å².